The van der Waals surface area contributed by atoms with Crippen LogP contribution >= 0.6 is 12.4 Å². The molecule has 4 nitrogen and oxygen atoms in total. The molecular formula is C21H19ClN4. The van der Waals surface area contributed by atoms with Gasteiger partial charge in [-0.2, -0.15) is 0 Å². The van der Waals surface area contributed by atoms with E-state index in [1.54, 1.807) is 12.4 Å². The van der Waals surface area contributed by atoms with Crippen molar-refractivity contribution < 1.29 is 0 Å². The van der Waals surface area contributed by atoms with Crippen molar-refractivity contribution in [3.8, 4) is 22.4 Å². The summed E-state index contributed by atoms with van der Waals surface area (Å²) in [5, 5.41) is 1.11. The van der Waals surface area contributed by atoms with Gasteiger partial charge in [-0.05, 0) is 36.8 Å². The van der Waals surface area contributed by atoms with Crippen LogP contribution in [0.2, 0.25) is 0 Å². The van der Waals surface area contributed by atoms with Crippen molar-refractivity contribution in [3.05, 3.63) is 72.7 Å². The van der Waals surface area contributed by atoms with E-state index < -0.39 is 0 Å². The lowest BCUT2D eigenvalue weighted by atomic mass is 9.99. The van der Waals surface area contributed by atoms with E-state index in [2.05, 4.69) is 41.2 Å². The third-order valence-corrected chi connectivity index (χ3v) is 4.32. The highest BCUT2D eigenvalue weighted by Crippen LogP contribution is 2.31. The molecule has 1 aromatic carbocycles. The summed E-state index contributed by atoms with van der Waals surface area (Å²) < 4.78 is 0. The van der Waals surface area contributed by atoms with E-state index in [1.807, 2.05) is 30.3 Å². The van der Waals surface area contributed by atoms with E-state index in [4.69, 9.17) is 10.7 Å². The molecule has 0 unspecified atom stereocenters. The van der Waals surface area contributed by atoms with Crippen molar-refractivity contribution in [1.29, 1.82) is 0 Å². The molecule has 0 atom stereocenters. The van der Waals surface area contributed by atoms with Crippen LogP contribution in [0, 0.1) is 0 Å². The molecule has 3 heterocycles. The molecule has 0 saturated heterocycles. The van der Waals surface area contributed by atoms with Gasteiger partial charge in [0.25, 0.3) is 0 Å². The number of nitrogens with zero attached hydrogens (tertiary/aromatic N) is 3. The average Bonchev–Trinajstić information content (AvgIpc) is 2.68. The molecule has 4 aromatic rings. The van der Waals surface area contributed by atoms with E-state index in [1.165, 1.54) is 0 Å². The normalized spacial score (nSPS) is 10.5. The van der Waals surface area contributed by atoms with Crippen LogP contribution in [0.3, 0.4) is 0 Å². The molecule has 3 aromatic heterocycles. The average molecular weight is 363 g/mol. The Labute approximate surface area is 158 Å². The number of rotatable bonds is 3. The van der Waals surface area contributed by atoms with Gasteiger partial charge in [0, 0.05) is 34.5 Å². The number of hydrogen-bond donors (Lipinski definition) is 1. The lowest BCUT2D eigenvalue weighted by molar-refractivity contribution is 1.05. The second kappa shape index (κ2) is 7.50. The molecule has 0 radical (unpaired) electrons. The Kier molecular flexibility index (Phi) is 5.14. The highest BCUT2D eigenvalue weighted by atomic mass is 35.5. The standard InChI is InChI=1S/C21H18N4.ClH/c1-2-18-16(7-9-20(22)24-18)17-5-3-4-15-6-8-19(25-21(15)17)14-10-12-23-13-11-14;/h3-13H,2H2,1H3,(H2,22,24);1H. The summed E-state index contributed by atoms with van der Waals surface area (Å²) in [6.07, 6.45) is 4.39. The van der Waals surface area contributed by atoms with Gasteiger partial charge in [-0.1, -0.05) is 31.2 Å². The number of halogens is 1. The molecule has 0 aliphatic heterocycles. The fraction of sp³-hybridized carbons (Fsp3) is 0.0952. The van der Waals surface area contributed by atoms with E-state index in [9.17, 15) is 0 Å². The number of aromatic nitrogens is 3. The van der Waals surface area contributed by atoms with Gasteiger partial charge in [0.2, 0.25) is 0 Å². The van der Waals surface area contributed by atoms with Gasteiger partial charge in [0.1, 0.15) is 5.82 Å². The number of pyridine rings is 3. The van der Waals surface area contributed by atoms with E-state index >= 15 is 0 Å². The highest BCUT2D eigenvalue weighted by Gasteiger charge is 2.11. The molecule has 0 aliphatic carbocycles. The smallest absolute Gasteiger partial charge is 0.123 e. The van der Waals surface area contributed by atoms with Crippen LogP contribution in [0.15, 0.2) is 67.0 Å². The predicted molar refractivity (Wildman–Crippen MR) is 109 cm³/mol. The predicted octanol–water partition coefficient (Wildman–Crippen LogP) is 4.93. The zero-order chi connectivity index (χ0) is 17.2. The lowest BCUT2D eigenvalue weighted by Crippen LogP contribution is -1.98. The number of aryl methyl sites for hydroxylation is 1. The number of fused-ring (bicyclic) bond motifs is 1. The first-order chi connectivity index (χ1) is 12.3. The van der Waals surface area contributed by atoms with Gasteiger partial charge in [0.15, 0.2) is 0 Å². The van der Waals surface area contributed by atoms with Crippen LogP contribution in [0.1, 0.15) is 12.6 Å². The van der Waals surface area contributed by atoms with Crippen molar-refractivity contribution in [2.75, 3.05) is 5.73 Å². The van der Waals surface area contributed by atoms with E-state index in [0.717, 1.165) is 45.4 Å². The van der Waals surface area contributed by atoms with Crippen molar-refractivity contribution in [3.63, 3.8) is 0 Å². The molecular weight excluding hydrogens is 344 g/mol. The minimum Gasteiger partial charge on any atom is -0.384 e. The Morgan fingerprint density at radius 2 is 1.65 bits per heavy atom. The molecule has 0 spiro atoms. The Morgan fingerprint density at radius 1 is 0.846 bits per heavy atom. The van der Waals surface area contributed by atoms with E-state index in [0.29, 0.717) is 5.82 Å². The molecule has 0 fully saturated rings. The number of hydrogen-bond acceptors (Lipinski definition) is 4. The summed E-state index contributed by atoms with van der Waals surface area (Å²) in [7, 11) is 0. The summed E-state index contributed by atoms with van der Waals surface area (Å²) >= 11 is 0. The molecule has 0 saturated carbocycles. The second-order valence-corrected chi connectivity index (χ2v) is 5.89. The van der Waals surface area contributed by atoms with E-state index in [-0.39, 0.29) is 12.4 Å². The topological polar surface area (TPSA) is 64.7 Å². The third-order valence-electron chi connectivity index (χ3n) is 4.32. The summed E-state index contributed by atoms with van der Waals surface area (Å²) in [4.78, 5) is 13.5. The molecule has 2 N–H and O–H groups in total. The number of nitrogen functional groups attached to an aromatic ring is 1. The quantitative estimate of drug-likeness (QED) is 0.561. The largest absolute Gasteiger partial charge is 0.384 e. The fourth-order valence-corrected chi connectivity index (χ4v) is 3.08. The maximum absolute atomic E-state index is 5.86. The van der Waals surface area contributed by atoms with Crippen LogP contribution in [0.4, 0.5) is 5.82 Å². The van der Waals surface area contributed by atoms with Crippen molar-refractivity contribution in [2.24, 2.45) is 0 Å². The minimum atomic E-state index is 0. The van der Waals surface area contributed by atoms with Crippen LogP contribution in [-0.4, -0.2) is 15.0 Å². The number of benzene rings is 1. The summed E-state index contributed by atoms with van der Waals surface area (Å²) in [5.74, 6) is 0.547. The minimum absolute atomic E-state index is 0. The zero-order valence-corrected chi connectivity index (χ0v) is 15.2. The van der Waals surface area contributed by atoms with Crippen LogP contribution in [0.5, 0.6) is 0 Å². The molecule has 0 aliphatic rings. The van der Waals surface area contributed by atoms with Crippen LogP contribution in [-0.2, 0) is 6.42 Å². The molecule has 130 valence electrons. The summed E-state index contributed by atoms with van der Waals surface area (Å²) in [6.45, 7) is 2.09. The molecule has 4 rings (SSSR count). The van der Waals surface area contributed by atoms with Crippen molar-refractivity contribution in [1.82, 2.24) is 15.0 Å². The maximum Gasteiger partial charge on any atom is 0.123 e. The highest BCUT2D eigenvalue weighted by molar-refractivity contribution is 5.95. The van der Waals surface area contributed by atoms with Crippen molar-refractivity contribution >= 4 is 29.1 Å². The first-order valence-electron chi connectivity index (χ1n) is 8.32. The summed E-state index contributed by atoms with van der Waals surface area (Å²) in [5.41, 5.74) is 12.0. The second-order valence-electron chi connectivity index (χ2n) is 5.89. The van der Waals surface area contributed by atoms with Crippen LogP contribution < -0.4 is 5.73 Å². The number of para-hydroxylation sites is 1. The zero-order valence-electron chi connectivity index (χ0n) is 14.4. The monoisotopic (exact) mass is 362 g/mol. The van der Waals surface area contributed by atoms with Gasteiger partial charge in [0.05, 0.1) is 16.9 Å². The third kappa shape index (κ3) is 3.24. The molecule has 0 amide bonds. The number of nitrogens with two attached hydrogens (primary N) is 1. The first-order valence-corrected chi connectivity index (χ1v) is 8.32. The van der Waals surface area contributed by atoms with Gasteiger partial charge < -0.3 is 5.73 Å². The Hall–Kier alpha value is -2.98. The Balaban J connectivity index is 0.00000196. The Bertz CT molecular complexity index is 1050. The SMILES string of the molecule is CCc1nc(N)ccc1-c1cccc2ccc(-c3ccncc3)nc12.Cl. The Morgan fingerprint density at radius 3 is 2.42 bits per heavy atom. The van der Waals surface area contributed by atoms with Gasteiger partial charge in [-0.25, -0.2) is 9.97 Å². The number of anilines is 1. The molecule has 26 heavy (non-hydrogen) atoms. The first kappa shape index (κ1) is 17.8. The summed E-state index contributed by atoms with van der Waals surface area (Å²) in [6, 6.07) is 18.2. The molecule has 5 heteroatoms. The van der Waals surface area contributed by atoms with Gasteiger partial charge in [-0.15, -0.1) is 12.4 Å². The van der Waals surface area contributed by atoms with Gasteiger partial charge >= 0.3 is 0 Å². The lowest BCUT2D eigenvalue weighted by Gasteiger charge is -2.12. The van der Waals surface area contributed by atoms with Gasteiger partial charge in [-0.3, -0.25) is 4.98 Å². The van der Waals surface area contributed by atoms with Crippen LogP contribution in [0.25, 0.3) is 33.3 Å². The maximum atomic E-state index is 5.86. The van der Waals surface area contributed by atoms with Crippen molar-refractivity contribution in [2.45, 2.75) is 13.3 Å². The molecule has 0 bridgehead atoms. The fourth-order valence-electron chi connectivity index (χ4n) is 3.08.